The molecule has 1 fully saturated rings. The largest absolute Gasteiger partial charge is 0.497 e. The Morgan fingerprint density at radius 2 is 1.90 bits per heavy atom. The van der Waals surface area contributed by atoms with Crippen molar-refractivity contribution in [1.29, 1.82) is 0 Å². The van der Waals surface area contributed by atoms with Crippen LogP contribution in [-0.4, -0.2) is 48.8 Å². The van der Waals surface area contributed by atoms with Crippen LogP contribution in [0.3, 0.4) is 0 Å². The second-order valence-electron chi connectivity index (χ2n) is 5.11. The molecule has 1 saturated carbocycles. The van der Waals surface area contributed by atoms with E-state index in [1.165, 1.54) is 0 Å². The third-order valence-electron chi connectivity index (χ3n) is 3.55. The molecule has 2 amide bonds. The first-order chi connectivity index (χ1) is 10.0. The molecule has 0 bridgehead atoms. The lowest BCUT2D eigenvalue weighted by atomic mass is 10.3. The van der Waals surface area contributed by atoms with Crippen LogP contribution in [0, 0.1) is 0 Å². The van der Waals surface area contributed by atoms with Crippen LogP contribution in [0.15, 0.2) is 24.3 Å². The Bertz CT molecular complexity index is 511. The van der Waals surface area contributed by atoms with Crippen molar-refractivity contribution in [3.8, 4) is 5.75 Å². The lowest BCUT2D eigenvalue weighted by molar-refractivity contribution is -0.137. The average molecular weight is 292 g/mol. The van der Waals surface area contributed by atoms with Crippen LogP contribution < -0.4 is 9.64 Å². The second kappa shape index (κ2) is 6.47. The molecule has 0 spiro atoms. The molecule has 0 heterocycles. The van der Waals surface area contributed by atoms with Gasteiger partial charge in [0.15, 0.2) is 0 Å². The molecular weight excluding hydrogens is 272 g/mol. The minimum Gasteiger partial charge on any atom is -0.497 e. The minimum absolute atomic E-state index is 0.0291. The number of hydrogen-bond donors (Lipinski definition) is 1. The molecule has 1 aliphatic rings. The Hall–Kier alpha value is -2.24. The van der Waals surface area contributed by atoms with Crippen molar-refractivity contribution in [3.63, 3.8) is 0 Å². The van der Waals surface area contributed by atoms with Gasteiger partial charge in [-0.05, 0) is 37.1 Å². The van der Waals surface area contributed by atoms with Crippen LogP contribution in [0.4, 0.5) is 10.5 Å². The van der Waals surface area contributed by atoms with E-state index in [2.05, 4.69) is 0 Å². The topological polar surface area (TPSA) is 70.1 Å². The fraction of sp³-hybridized carbons (Fsp3) is 0.467. The van der Waals surface area contributed by atoms with Gasteiger partial charge in [0, 0.05) is 25.3 Å². The fourth-order valence-corrected chi connectivity index (χ4v) is 2.15. The summed E-state index contributed by atoms with van der Waals surface area (Å²) >= 11 is 0. The van der Waals surface area contributed by atoms with Crippen molar-refractivity contribution in [3.05, 3.63) is 24.3 Å². The van der Waals surface area contributed by atoms with Crippen molar-refractivity contribution in [2.24, 2.45) is 0 Å². The number of carbonyl (C=O) groups excluding carboxylic acids is 1. The van der Waals surface area contributed by atoms with Gasteiger partial charge >= 0.3 is 12.0 Å². The van der Waals surface area contributed by atoms with E-state index in [9.17, 15) is 9.59 Å². The molecule has 1 aliphatic carbocycles. The van der Waals surface area contributed by atoms with E-state index in [-0.39, 0.29) is 25.0 Å². The monoisotopic (exact) mass is 292 g/mol. The van der Waals surface area contributed by atoms with Gasteiger partial charge in [0.2, 0.25) is 0 Å². The number of carbonyl (C=O) groups is 2. The molecule has 0 atom stereocenters. The number of rotatable bonds is 6. The highest BCUT2D eigenvalue weighted by Gasteiger charge is 2.34. The number of carboxylic acid groups (broad SMARTS) is 1. The van der Waals surface area contributed by atoms with Gasteiger partial charge in [0.05, 0.1) is 13.5 Å². The number of anilines is 1. The van der Waals surface area contributed by atoms with Crippen LogP contribution >= 0.6 is 0 Å². The highest BCUT2D eigenvalue weighted by molar-refractivity contribution is 5.92. The number of benzene rings is 1. The quantitative estimate of drug-likeness (QED) is 0.872. The summed E-state index contributed by atoms with van der Waals surface area (Å²) < 4.78 is 5.09. The van der Waals surface area contributed by atoms with E-state index in [1.54, 1.807) is 48.2 Å². The molecule has 1 N–H and O–H groups in total. The second-order valence-corrected chi connectivity index (χ2v) is 5.11. The molecule has 114 valence electrons. The first-order valence-electron chi connectivity index (χ1n) is 6.93. The number of ether oxygens (including phenoxy) is 1. The molecule has 1 aromatic carbocycles. The summed E-state index contributed by atoms with van der Waals surface area (Å²) in [5, 5.41) is 8.79. The number of urea groups is 1. The summed E-state index contributed by atoms with van der Waals surface area (Å²) in [6.45, 7) is 0.249. The average Bonchev–Trinajstić information content (AvgIpc) is 3.31. The summed E-state index contributed by atoms with van der Waals surface area (Å²) in [6.07, 6.45) is 1.86. The van der Waals surface area contributed by atoms with Crippen molar-refractivity contribution in [1.82, 2.24) is 4.90 Å². The third kappa shape index (κ3) is 3.87. The summed E-state index contributed by atoms with van der Waals surface area (Å²) in [5.74, 6) is -0.162. The van der Waals surface area contributed by atoms with E-state index >= 15 is 0 Å². The zero-order valence-corrected chi connectivity index (χ0v) is 12.3. The van der Waals surface area contributed by atoms with E-state index < -0.39 is 5.97 Å². The number of nitrogens with zero attached hydrogens (tertiary/aromatic N) is 2. The van der Waals surface area contributed by atoms with Crippen LogP contribution in [0.25, 0.3) is 0 Å². The van der Waals surface area contributed by atoms with Crippen LogP contribution in [-0.2, 0) is 4.79 Å². The Morgan fingerprint density at radius 1 is 1.29 bits per heavy atom. The lowest BCUT2D eigenvalue weighted by Crippen LogP contribution is -2.43. The normalized spacial score (nSPS) is 13.6. The van der Waals surface area contributed by atoms with Crippen LogP contribution in [0.1, 0.15) is 19.3 Å². The molecule has 6 nitrogen and oxygen atoms in total. The minimum atomic E-state index is -0.888. The molecule has 0 aliphatic heterocycles. The standard InChI is InChI=1S/C15H20N2O4/c1-16(11-5-7-13(21-2)8-6-11)15(20)17(12-3-4-12)10-9-14(18)19/h5-8,12H,3-4,9-10H2,1-2H3,(H,18,19). The molecular formula is C15H20N2O4. The predicted molar refractivity (Wildman–Crippen MR) is 78.8 cm³/mol. The van der Waals surface area contributed by atoms with Gasteiger partial charge < -0.3 is 14.7 Å². The van der Waals surface area contributed by atoms with Crippen LogP contribution in [0.2, 0.25) is 0 Å². The van der Waals surface area contributed by atoms with Gasteiger partial charge in [0.25, 0.3) is 0 Å². The molecule has 0 radical (unpaired) electrons. The van der Waals surface area contributed by atoms with Gasteiger partial charge in [0.1, 0.15) is 5.75 Å². The highest BCUT2D eigenvalue weighted by atomic mass is 16.5. The van der Waals surface area contributed by atoms with Crippen molar-refractivity contribution in [2.75, 3.05) is 25.6 Å². The maximum Gasteiger partial charge on any atom is 0.324 e. The number of amides is 2. The van der Waals surface area contributed by atoms with Crippen molar-refractivity contribution < 1.29 is 19.4 Å². The predicted octanol–water partition coefficient (Wildman–Crippen LogP) is 2.19. The van der Waals surface area contributed by atoms with Crippen molar-refractivity contribution in [2.45, 2.75) is 25.3 Å². The van der Waals surface area contributed by atoms with Gasteiger partial charge in [-0.1, -0.05) is 0 Å². The SMILES string of the molecule is COc1ccc(N(C)C(=O)N(CCC(=O)O)C2CC2)cc1. The highest BCUT2D eigenvalue weighted by Crippen LogP contribution is 2.29. The molecule has 2 rings (SSSR count). The Morgan fingerprint density at radius 3 is 2.38 bits per heavy atom. The number of hydrogen-bond acceptors (Lipinski definition) is 3. The number of methoxy groups -OCH3 is 1. The maximum absolute atomic E-state index is 12.5. The number of aliphatic carboxylic acids is 1. The maximum atomic E-state index is 12.5. The number of carboxylic acids is 1. The molecule has 0 unspecified atom stereocenters. The molecule has 0 saturated heterocycles. The van der Waals surface area contributed by atoms with Gasteiger partial charge in [-0.2, -0.15) is 0 Å². The third-order valence-corrected chi connectivity index (χ3v) is 3.55. The van der Waals surface area contributed by atoms with E-state index in [0.29, 0.717) is 0 Å². The van der Waals surface area contributed by atoms with Crippen molar-refractivity contribution >= 4 is 17.7 Å². The fourth-order valence-electron chi connectivity index (χ4n) is 2.15. The first-order valence-corrected chi connectivity index (χ1v) is 6.93. The summed E-state index contributed by atoms with van der Waals surface area (Å²) in [5.41, 5.74) is 0.752. The Labute approximate surface area is 123 Å². The zero-order valence-electron chi connectivity index (χ0n) is 12.3. The van der Waals surface area contributed by atoms with Gasteiger partial charge in [-0.15, -0.1) is 0 Å². The summed E-state index contributed by atoms with van der Waals surface area (Å²) in [7, 11) is 3.28. The van der Waals surface area contributed by atoms with Crippen LogP contribution in [0.5, 0.6) is 5.75 Å². The molecule has 0 aromatic heterocycles. The van der Waals surface area contributed by atoms with Gasteiger partial charge in [-0.3, -0.25) is 9.69 Å². The van der Waals surface area contributed by atoms with E-state index in [4.69, 9.17) is 9.84 Å². The molecule has 21 heavy (non-hydrogen) atoms. The Kier molecular flexibility index (Phi) is 4.67. The van der Waals surface area contributed by atoms with Gasteiger partial charge in [-0.25, -0.2) is 4.79 Å². The molecule has 1 aromatic rings. The van der Waals surface area contributed by atoms with E-state index in [1.807, 2.05) is 0 Å². The zero-order chi connectivity index (χ0) is 15.4. The smallest absolute Gasteiger partial charge is 0.324 e. The first kappa shape index (κ1) is 15.2. The lowest BCUT2D eigenvalue weighted by Gasteiger charge is -2.28. The molecule has 6 heteroatoms. The summed E-state index contributed by atoms with van der Waals surface area (Å²) in [4.78, 5) is 26.4. The summed E-state index contributed by atoms with van der Waals surface area (Å²) in [6, 6.07) is 7.20. The van der Waals surface area contributed by atoms with E-state index in [0.717, 1.165) is 24.3 Å². The Balaban J connectivity index is 2.05.